The van der Waals surface area contributed by atoms with Gasteiger partial charge >= 0.3 is 5.97 Å². The second-order valence-electron chi connectivity index (χ2n) is 12.1. The van der Waals surface area contributed by atoms with Crippen molar-refractivity contribution in [2.75, 3.05) is 7.11 Å². The van der Waals surface area contributed by atoms with E-state index in [1.807, 2.05) is 24.3 Å². The second-order valence-corrected chi connectivity index (χ2v) is 13.8. The summed E-state index contributed by atoms with van der Waals surface area (Å²) in [6.07, 6.45) is 8.22. The highest BCUT2D eigenvalue weighted by molar-refractivity contribution is 7.85. The van der Waals surface area contributed by atoms with Crippen molar-refractivity contribution in [1.82, 2.24) is 0 Å². The van der Waals surface area contributed by atoms with Crippen LogP contribution < -0.4 is 4.74 Å². The molecule has 3 saturated carbocycles. The molecule has 0 heterocycles. The summed E-state index contributed by atoms with van der Waals surface area (Å²) in [7, 11) is -2.12. The molecule has 4 aliphatic rings. The summed E-state index contributed by atoms with van der Waals surface area (Å²) in [4.78, 5) is 12.1. The fourth-order valence-corrected chi connectivity index (χ4v) is 10.2. The molecular formula is C31H38O6S. The number of carbonyl (C=O) groups is 1. The maximum absolute atomic E-state index is 12.8. The topological polar surface area (TPSA) is 78.9 Å². The first kappa shape index (κ1) is 25.9. The fourth-order valence-electron chi connectivity index (χ4n) is 9.23. The Morgan fingerprint density at radius 2 is 1.74 bits per heavy atom. The molecule has 7 heteroatoms. The molecule has 2 bridgehead atoms. The maximum atomic E-state index is 12.8. The zero-order valence-corrected chi connectivity index (χ0v) is 23.4. The number of esters is 1. The number of ether oxygens (including phenoxy) is 2. The lowest BCUT2D eigenvalue weighted by molar-refractivity contribution is -0.174. The van der Waals surface area contributed by atoms with Crippen LogP contribution in [0.15, 0.2) is 42.5 Å². The number of hydrogen-bond acceptors (Lipinski definition) is 6. The molecule has 2 aromatic rings. The van der Waals surface area contributed by atoms with Crippen molar-refractivity contribution < 1.29 is 26.9 Å². The van der Waals surface area contributed by atoms with E-state index in [9.17, 15) is 13.2 Å². The molecule has 38 heavy (non-hydrogen) atoms. The van der Waals surface area contributed by atoms with Crippen LogP contribution in [0.2, 0.25) is 0 Å². The third-order valence-corrected chi connectivity index (χ3v) is 12.0. The summed E-state index contributed by atoms with van der Waals surface area (Å²) < 4.78 is 43.1. The lowest BCUT2D eigenvalue weighted by atomic mass is 9.48. The molecule has 0 unspecified atom stereocenters. The third kappa shape index (κ3) is 3.75. The lowest BCUT2D eigenvalue weighted by Crippen LogP contribution is -2.53. The summed E-state index contributed by atoms with van der Waals surface area (Å²) in [5, 5.41) is 0. The molecule has 4 aliphatic carbocycles. The fraction of sp³-hybridized carbons (Fsp3) is 0.581. The van der Waals surface area contributed by atoms with Gasteiger partial charge in [0.05, 0.1) is 13.7 Å². The van der Waals surface area contributed by atoms with Crippen LogP contribution in [0.1, 0.15) is 87.0 Å². The molecule has 0 amide bonds. The zero-order valence-electron chi connectivity index (χ0n) is 22.6. The Morgan fingerprint density at radius 1 is 1.00 bits per heavy atom. The number of hydrogen-bond donors (Lipinski definition) is 0. The SMILES string of the molecule is COc1ccc2c(c1COS(=O)(=O)Cc1ccccc1)CC[C@@H]1[C@@H]2CC[C@]2(C)[C@]3(OC(C)=O)CC[C@]12CC3. The minimum atomic E-state index is -3.75. The summed E-state index contributed by atoms with van der Waals surface area (Å²) >= 11 is 0. The summed E-state index contributed by atoms with van der Waals surface area (Å²) in [5.41, 5.74) is 4.00. The van der Waals surface area contributed by atoms with Crippen LogP contribution in [0, 0.1) is 16.7 Å². The van der Waals surface area contributed by atoms with E-state index in [0.717, 1.165) is 56.9 Å². The smallest absolute Gasteiger partial charge is 0.303 e. The molecule has 0 aliphatic heterocycles. The van der Waals surface area contributed by atoms with Crippen molar-refractivity contribution in [2.45, 2.75) is 89.1 Å². The Labute approximate surface area is 226 Å². The van der Waals surface area contributed by atoms with E-state index >= 15 is 0 Å². The van der Waals surface area contributed by atoms with Gasteiger partial charge in [0.25, 0.3) is 10.1 Å². The van der Waals surface area contributed by atoms with Crippen molar-refractivity contribution >= 4 is 16.1 Å². The monoisotopic (exact) mass is 538 g/mol. The van der Waals surface area contributed by atoms with Crippen molar-refractivity contribution in [1.29, 1.82) is 0 Å². The average molecular weight is 539 g/mol. The van der Waals surface area contributed by atoms with E-state index in [0.29, 0.717) is 23.1 Å². The van der Waals surface area contributed by atoms with E-state index in [1.54, 1.807) is 26.2 Å². The highest BCUT2D eigenvalue weighted by Crippen LogP contribution is 2.78. The van der Waals surface area contributed by atoms with Crippen LogP contribution in [-0.2, 0) is 42.6 Å². The predicted octanol–water partition coefficient (Wildman–Crippen LogP) is 6.06. The summed E-state index contributed by atoms with van der Waals surface area (Å²) in [6.45, 7) is 3.93. The van der Waals surface area contributed by atoms with Crippen LogP contribution in [0.4, 0.5) is 0 Å². The van der Waals surface area contributed by atoms with Crippen molar-refractivity contribution in [3.8, 4) is 5.75 Å². The first-order valence-corrected chi connectivity index (χ1v) is 15.5. The second kappa shape index (κ2) is 9.09. The minimum absolute atomic E-state index is 0.0165. The van der Waals surface area contributed by atoms with Crippen LogP contribution in [-0.4, -0.2) is 27.1 Å². The van der Waals surface area contributed by atoms with E-state index in [-0.39, 0.29) is 34.8 Å². The first-order valence-electron chi connectivity index (χ1n) is 13.9. The molecule has 6 nitrogen and oxygen atoms in total. The summed E-state index contributed by atoms with van der Waals surface area (Å²) in [6, 6.07) is 13.3. The summed E-state index contributed by atoms with van der Waals surface area (Å²) in [5.74, 6) is 1.34. The minimum Gasteiger partial charge on any atom is -0.496 e. The quantitative estimate of drug-likeness (QED) is 0.315. The molecule has 0 aromatic heterocycles. The van der Waals surface area contributed by atoms with Gasteiger partial charge in [0, 0.05) is 17.9 Å². The van der Waals surface area contributed by atoms with Gasteiger partial charge in [0.2, 0.25) is 0 Å². The van der Waals surface area contributed by atoms with Gasteiger partial charge in [-0.3, -0.25) is 8.98 Å². The number of carbonyl (C=O) groups excluding carboxylic acids is 1. The number of benzene rings is 2. The van der Waals surface area contributed by atoms with Gasteiger partial charge in [0.15, 0.2) is 0 Å². The van der Waals surface area contributed by atoms with Crippen LogP contribution in [0.5, 0.6) is 5.75 Å². The lowest BCUT2D eigenvalue weighted by Gasteiger charge is -2.57. The van der Waals surface area contributed by atoms with Crippen molar-refractivity contribution in [2.24, 2.45) is 16.7 Å². The highest BCUT2D eigenvalue weighted by atomic mass is 32.2. The number of fused-ring (bicyclic) bond motifs is 3. The number of rotatable bonds is 7. The Balaban J connectivity index is 1.29. The Bertz CT molecular complexity index is 1340. The van der Waals surface area contributed by atoms with Crippen LogP contribution in [0.25, 0.3) is 0 Å². The maximum Gasteiger partial charge on any atom is 0.303 e. The molecule has 2 aromatic carbocycles. The molecular weight excluding hydrogens is 500 g/mol. The highest BCUT2D eigenvalue weighted by Gasteiger charge is 2.75. The van der Waals surface area contributed by atoms with Gasteiger partial charge in [-0.2, -0.15) is 8.42 Å². The molecule has 3 atom stereocenters. The van der Waals surface area contributed by atoms with Crippen molar-refractivity contribution in [3.05, 3.63) is 64.7 Å². The van der Waals surface area contributed by atoms with E-state index in [2.05, 4.69) is 13.0 Å². The van der Waals surface area contributed by atoms with Gasteiger partial charge < -0.3 is 9.47 Å². The van der Waals surface area contributed by atoms with E-state index < -0.39 is 10.1 Å². The molecule has 6 rings (SSSR count). The van der Waals surface area contributed by atoms with E-state index in [1.165, 1.54) is 11.1 Å². The molecule has 0 spiro atoms. The largest absolute Gasteiger partial charge is 0.496 e. The predicted molar refractivity (Wildman–Crippen MR) is 144 cm³/mol. The Morgan fingerprint density at radius 3 is 2.42 bits per heavy atom. The molecule has 204 valence electrons. The Kier molecular flexibility index (Phi) is 6.19. The normalized spacial score (nSPS) is 33.2. The molecule has 0 N–H and O–H groups in total. The van der Waals surface area contributed by atoms with Crippen molar-refractivity contribution in [3.63, 3.8) is 0 Å². The van der Waals surface area contributed by atoms with Gasteiger partial charge in [0.1, 0.15) is 17.1 Å². The first-order chi connectivity index (χ1) is 18.1. The van der Waals surface area contributed by atoms with Crippen LogP contribution in [0.3, 0.4) is 0 Å². The van der Waals surface area contributed by atoms with Gasteiger partial charge in [-0.05, 0) is 91.4 Å². The zero-order chi connectivity index (χ0) is 26.8. The molecule has 3 fully saturated rings. The standard InChI is InChI=1S/C31H38O6S/c1-21(32)37-31-17-15-30(16-18-31)27-11-9-24-23(25(27)13-14-29(30,31)2)10-12-28(35-3)26(24)19-36-38(33,34)20-22-7-5-4-6-8-22/h4-8,10,12,25,27H,9,11,13-20H2,1-3H3/t25-,27-,29+,30-,31-/m1/s1. The Hall–Kier alpha value is -2.38. The van der Waals surface area contributed by atoms with E-state index in [4.69, 9.17) is 13.7 Å². The van der Waals surface area contributed by atoms with Gasteiger partial charge in [-0.15, -0.1) is 0 Å². The molecule has 0 saturated heterocycles. The molecule has 0 radical (unpaired) electrons. The van der Waals surface area contributed by atoms with Gasteiger partial charge in [-0.1, -0.05) is 43.3 Å². The third-order valence-electron chi connectivity index (χ3n) is 10.9. The van der Waals surface area contributed by atoms with Crippen LogP contribution >= 0.6 is 0 Å². The van der Waals surface area contributed by atoms with Gasteiger partial charge in [-0.25, -0.2) is 0 Å². The number of methoxy groups -OCH3 is 1. The average Bonchev–Trinajstić information content (AvgIpc) is 3.29.